The molecule has 4 N–H and O–H groups in total. The van der Waals surface area contributed by atoms with Crippen molar-refractivity contribution in [2.24, 2.45) is 5.92 Å². The Labute approximate surface area is 208 Å². The number of aliphatic carboxylic acids is 1. The first kappa shape index (κ1) is 27.2. The van der Waals surface area contributed by atoms with E-state index in [1.165, 1.54) is 18.3 Å². The van der Waals surface area contributed by atoms with Crippen molar-refractivity contribution in [3.63, 3.8) is 0 Å². The smallest absolute Gasteiger partial charge is 0.416 e. The van der Waals surface area contributed by atoms with E-state index in [2.05, 4.69) is 29.5 Å². The van der Waals surface area contributed by atoms with Crippen molar-refractivity contribution in [1.29, 1.82) is 0 Å². The minimum absolute atomic E-state index is 0.0522. The monoisotopic (exact) mass is 501 g/mol. The van der Waals surface area contributed by atoms with Crippen LogP contribution in [0.3, 0.4) is 0 Å². The SMILES string of the molecule is CC(C)CC(Nc1ccc(C(O)NCCC(=O)O)cn1)c1ccc(-c2ccc(C(F)(F)F)cc2)cc1. The molecule has 0 amide bonds. The molecule has 3 rings (SSSR count). The number of carboxylic acids is 1. The number of aliphatic hydroxyl groups is 1. The lowest BCUT2D eigenvalue weighted by molar-refractivity contribution is -0.138. The number of aliphatic hydroxyl groups excluding tert-OH is 1. The Balaban J connectivity index is 1.70. The minimum atomic E-state index is -4.36. The Morgan fingerprint density at radius 2 is 1.53 bits per heavy atom. The molecule has 0 spiro atoms. The molecule has 9 heteroatoms. The number of pyridine rings is 1. The van der Waals surface area contributed by atoms with Crippen LogP contribution in [0.2, 0.25) is 0 Å². The largest absolute Gasteiger partial charge is 0.481 e. The van der Waals surface area contributed by atoms with E-state index in [9.17, 15) is 23.1 Å². The average Bonchev–Trinajstić information content (AvgIpc) is 2.83. The number of hydrogen-bond donors (Lipinski definition) is 4. The predicted molar refractivity (Wildman–Crippen MR) is 132 cm³/mol. The van der Waals surface area contributed by atoms with Crippen molar-refractivity contribution in [1.82, 2.24) is 10.3 Å². The molecule has 0 bridgehead atoms. The Kier molecular flexibility index (Phi) is 9.06. The summed E-state index contributed by atoms with van der Waals surface area (Å²) in [7, 11) is 0. The van der Waals surface area contributed by atoms with Gasteiger partial charge >= 0.3 is 12.1 Å². The van der Waals surface area contributed by atoms with Crippen LogP contribution < -0.4 is 10.6 Å². The molecule has 0 fully saturated rings. The Bertz CT molecular complexity index is 1120. The van der Waals surface area contributed by atoms with Gasteiger partial charge in [0.2, 0.25) is 0 Å². The number of hydrogen-bond acceptors (Lipinski definition) is 5. The van der Waals surface area contributed by atoms with Crippen molar-refractivity contribution in [2.45, 2.75) is 45.1 Å². The molecule has 1 heterocycles. The highest BCUT2D eigenvalue weighted by atomic mass is 19.4. The lowest BCUT2D eigenvalue weighted by Gasteiger charge is -2.22. The van der Waals surface area contributed by atoms with E-state index < -0.39 is 23.9 Å². The van der Waals surface area contributed by atoms with Crippen LogP contribution in [0.15, 0.2) is 66.9 Å². The standard InChI is InChI=1S/C27H30F3N3O3/c1-17(2)15-23(33-24-12-9-21(16-32-24)26(36)31-14-13-25(34)35)20-5-3-18(4-6-20)19-7-10-22(11-8-19)27(28,29)30/h3-12,16-17,23,26,31,36H,13-15H2,1-2H3,(H,32,33)(H,34,35). The third-order valence-electron chi connectivity index (χ3n) is 5.67. The molecule has 2 unspecified atom stereocenters. The van der Waals surface area contributed by atoms with Gasteiger partial charge in [0.05, 0.1) is 18.0 Å². The Morgan fingerprint density at radius 1 is 0.944 bits per heavy atom. The number of halogens is 3. The van der Waals surface area contributed by atoms with Crippen LogP contribution in [0, 0.1) is 5.92 Å². The van der Waals surface area contributed by atoms with E-state index in [-0.39, 0.29) is 19.0 Å². The molecule has 0 aliphatic rings. The zero-order chi connectivity index (χ0) is 26.3. The molecule has 2 atom stereocenters. The summed E-state index contributed by atoms with van der Waals surface area (Å²) in [4.78, 5) is 15.0. The zero-order valence-electron chi connectivity index (χ0n) is 20.1. The summed E-state index contributed by atoms with van der Waals surface area (Å²) in [6, 6.07) is 16.2. The highest BCUT2D eigenvalue weighted by Gasteiger charge is 2.30. The summed E-state index contributed by atoms with van der Waals surface area (Å²) in [6.45, 7) is 4.36. The predicted octanol–water partition coefficient (Wildman–Crippen LogP) is 6.02. The van der Waals surface area contributed by atoms with Gasteiger partial charge in [0.25, 0.3) is 0 Å². The fourth-order valence-corrected chi connectivity index (χ4v) is 3.77. The molecule has 192 valence electrons. The van der Waals surface area contributed by atoms with Crippen molar-refractivity contribution in [3.05, 3.63) is 83.6 Å². The molecule has 0 saturated carbocycles. The third-order valence-corrected chi connectivity index (χ3v) is 5.67. The van der Waals surface area contributed by atoms with Gasteiger partial charge in [0, 0.05) is 18.3 Å². The quantitative estimate of drug-likeness (QED) is 0.240. The first-order valence-electron chi connectivity index (χ1n) is 11.7. The fraction of sp³-hybridized carbons (Fsp3) is 0.333. The molecule has 3 aromatic rings. The molecule has 6 nitrogen and oxygen atoms in total. The van der Waals surface area contributed by atoms with E-state index in [1.807, 2.05) is 24.3 Å². The van der Waals surface area contributed by atoms with Gasteiger partial charge in [0.15, 0.2) is 0 Å². The number of nitrogens with zero attached hydrogens (tertiary/aromatic N) is 1. The number of aromatic nitrogens is 1. The highest BCUT2D eigenvalue weighted by Crippen LogP contribution is 2.32. The van der Waals surface area contributed by atoms with Crippen LogP contribution in [-0.2, 0) is 11.0 Å². The van der Waals surface area contributed by atoms with Gasteiger partial charge in [-0.15, -0.1) is 0 Å². The summed E-state index contributed by atoms with van der Waals surface area (Å²) in [5, 5.41) is 25.0. The normalized spacial score (nSPS) is 13.4. The summed E-state index contributed by atoms with van der Waals surface area (Å²) in [5.41, 5.74) is 2.39. The first-order chi connectivity index (χ1) is 17.0. The lowest BCUT2D eigenvalue weighted by Crippen LogP contribution is -2.24. The van der Waals surface area contributed by atoms with Crippen LogP contribution in [-0.4, -0.2) is 27.7 Å². The number of rotatable bonds is 11. The van der Waals surface area contributed by atoms with Gasteiger partial charge in [-0.25, -0.2) is 4.98 Å². The van der Waals surface area contributed by atoms with Crippen molar-refractivity contribution in [2.75, 3.05) is 11.9 Å². The van der Waals surface area contributed by atoms with Crippen LogP contribution in [0.1, 0.15) is 55.6 Å². The second-order valence-electron chi connectivity index (χ2n) is 9.00. The molecule has 0 radical (unpaired) electrons. The summed E-state index contributed by atoms with van der Waals surface area (Å²) < 4.78 is 38.5. The molecule has 0 aliphatic heterocycles. The first-order valence-corrected chi connectivity index (χ1v) is 11.7. The van der Waals surface area contributed by atoms with Gasteiger partial charge in [-0.2, -0.15) is 13.2 Å². The summed E-state index contributed by atoms with van der Waals surface area (Å²) >= 11 is 0. The van der Waals surface area contributed by atoms with E-state index in [0.717, 1.165) is 29.7 Å². The van der Waals surface area contributed by atoms with Gasteiger partial charge in [-0.1, -0.05) is 50.2 Å². The van der Waals surface area contributed by atoms with Crippen molar-refractivity contribution >= 4 is 11.8 Å². The van der Waals surface area contributed by atoms with Crippen molar-refractivity contribution in [3.8, 4) is 11.1 Å². The molecular weight excluding hydrogens is 471 g/mol. The second kappa shape index (κ2) is 12.0. The molecule has 0 saturated heterocycles. The highest BCUT2D eigenvalue weighted by molar-refractivity contribution is 5.67. The maximum atomic E-state index is 12.8. The number of alkyl halides is 3. The van der Waals surface area contributed by atoms with Crippen LogP contribution >= 0.6 is 0 Å². The number of anilines is 1. The fourth-order valence-electron chi connectivity index (χ4n) is 3.77. The Hall–Kier alpha value is -3.43. The molecule has 2 aromatic carbocycles. The summed E-state index contributed by atoms with van der Waals surface area (Å²) in [6.07, 6.45) is -3.13. The van der Waals surface area contributed by atoms with Gasteiger partial charge in [0.1, 0.15) is 12.0 Å². The zero-order valence-corrected chi connectivity index (χ0v) is 20.1. The van der Waals surface area contributed by atoms with E-state index >= 15 is 0 Å². The van der Waals surface area contributed by atoms with Gasteiger partial charge in [-0.05, 0) is 53.3 Å². The van der Waals surface area contributed by atoms with E-state index in [1.54, 1.807) is 12.1 Å². The number of nitrogens with one attached hydrogen (secondary N) is 2. The molecule has 36 heavy (non-hydrogen) atoms. The Morgan fingerprint density at radius 3 is 2.03 bits per heavy atom. The number of benzene rings is 2. The summed E-state index contributed by atoms with van der Waals surface area (Å²) in [5.74, 6) is 0.0570. The molecule has 1 aromatic heterocycles. The third kappa shape index (κ3) is 7.79. The van der Waals surface area contributed by atoms with Gasteiger partial charge in [-0.3, -0.25) is 10.1 Å². The minimum Gasteiger partial charge on any atom is -0.481 e. The molecular formula is C27H30F3N3O3. The maximum absolute atomic E-state index is 12.8. The lowest BCUT2D eigenvalue weighted by atomic mass is 9.94. The van der Waals surface area contributed by atoms with Crippen LogP contribution in [0.5, 0.6) is 0 Å². The maximum Gasteiger partial charge on any atom is 0.416 e. The topological polar surface area (TPSA) is 94.5 Å². The average molecular weight is 502 g/mol. The van der Waals surface area contributed by atoms with Crippen molar-refractivity contribution < 1.29 is 28.2 Å². The second-order valence-corrected chi connectivity index (χ2v) is 9.00. The van der Waals surface area contributed by atoms with Gasteiger partial charge < -0.3 is 15.5 Å². The number of carboxylic acid groups (broad SMARTS) is 1. The van der Waals surface area contributed by atoms with E-state index in [0.29, 0.717) is 22.9 Å². The molecule has 0 aliphatic carbocycles. The number of carbonyl (C=O) groups is 1. The van der Waals surface area contributed by atoms with Crippen LogP contribution in [0.25, 0.3) is 11.1 Å². The van der Waals surface area contributed by atoms with E-state index in [4.69, 9.17) is 5.11 Å². The van der Waals surface area contributed by atoms with Crippen LogP contribution in [0.4, 0.5) is 19.0 Å².